The van der Waals surface area contributed by atoms with Gasteiger partial charge in [-0.05, 0) is 0 Å². The first kappa shape index (κ1) is 18.6. The number of hydrogen-bond donors (Lipinski definition) is 8. The molecule has 0 spiro atoms. The Labute approximate surface area is 120 Å². The Kier molecular flexibility index (Phi) is 7.36. The summed E-state index contributed by atoms with van der Waals surface area (Å²) in [7, 11) is 0. The van der Waals surface area contributed by atoms with Gasteiger partial charge in [0, 0.05) is 0 Å². The van der Waals surface area contributed by atoms with Gasteiger partial charge in [0.05, 0.1) is 19.8 Å². The molecule has 0 aromatic carbocycles. The highest BCUT2D eigenvalue weighted by Gasteiger charge is 2.46. The van der Waals surface area contributed by atoms with Crippen molar-refractivity contribution in [2.45, 2.75) is 49.0 Å². The van der Waals surface area contributed by atoms with Crippen molar-refractivity contribution in [2.75, 3.05) is 19.8 Å². The lowest BCUT2D eigenvalue weighted by Gasteiger charge is -2.41. The molecule has 10 nitrogen and oxygen atoms in total. The highest BCUT2D eigenvalue weighted by Crippen LogP contribution is 2.24. The molecule has 1 heterocycles. The summed E-state index contributed by atoms with van der Waals surface area (Å²) in [6.07, 6.45) is -12.5. The van der Waals surface area contributed by atoms with Crippen LogP contribution >= 0.6 is 0 Å². The van der Waals surface area contributed by atoms with E-state index in [1.807, 2.05) is 0 Å². The van der Waals surface area contributed by atoms with Gasteiger partial charge in [0.25, 0.3) is 0 Å². The average molecular weight is 314 g/mol. The molecule has 1 aliphatic heterocycles. The fraction of sp³-hybridized carbons (Fsp3) is 1.00. The van der Waals surface area contributed by atoms with Gasteiger partial charge >= 0.3 is 0 Å². The van der Waals surface area contributed by atoms with Crippen LogP contribution in [0.3, 0.4) is 0 Å². The number of rotatable bonds is 7. The van der Waals surface area contributed by atoms with Crippen molar-refractivity contribution in [1.82, 2.24) is 0 Å². The van der Waals surface area contributed by atoms with Gasteiger partial charge in [0.2, 0.25) is 0 Å². The first-order valence-corrected chi connectivity index (χ1v) is 6.41. The van der Waals surface area contributed by atoms with Gasteiger partial charge in [-0.1, -0.05) is 0 Å². The molecule has 8 atom stereocenters. The number of hydrogen-bond acceptors (Lipinski definition) is 10. The number of aliphatic hydroxyl groups excluding tert-OH is 8. The van der Waals surface area contributed by atoms with Crippen molar-refractivity contribution in [3.8, 4) is 0 Å². The maximum absolute atomic E-state index is 9.75. The molecular formula is C11H22O10. The van der Waals surface area contributed by atoms with E-state index in [0.29, 0.717) is 0 Å². The lowest BCUT2D eigenvalue weighted by Crippen LogP contribution is -2.61. The molecule has 0 aromatic heterocycles. The van der Waals surface area contributed by atoms with Crippen LogP contribution < -0.4 is 0 Å². The predicted molar refractivity (Wildman–Crippen MR) is 64.8 cm³/mol. The summed E-state index contributed by atoms with van der Waals surface area (Å²) in [5, 5.41) is 74.8. The predicted octanol–water partition coefficient (Wildman–Crippen LogP) is -5.12. The third-order valence-corrected chi connectivity index (χ3v) is 3.27. The van der Waals surface area contributed by atoms with E-state index in [-0.39, 0.29) is 0 Å². The summed E-state index contributed by atoms with van der Waals surface area (Å²) < 4.78 is 10.1. The maximum Gasteiger partial charge on any atom is 0.187 e. The highest BCUT2D eigenvalue weighted by molar-refractivity contribution is 4.90. The molecule has 0 saturated carbocycles. The lowest BCUT2D eigenvalue weighted by atomic mass is 9.99. The quantitative estimate of drug-likeness (QED) is 0.226. The first-order valence-electron chi connectivity index (χ1n) is 6.41. The van der Waals surface area contributed by atoms with E-state index in [4.69, 9.17) is 24.8 Å². The summed E-state index contributed by atoms with van der Waals surface area (Å²) >= 11 is 0. The van der Waals surface area contributed by atoms with E-state index < -0.39 is 68.8 Å². The molecule has 126 valence electrons. The van der Waals surface area contributed by atoms with Crippen molar-refractivity contribution in [1.29, 1.82) is 0 Å². The zero-order chi connectivity index (χ0) is 16.2. The molecule has 0 unspecified atom stereocenters. The molecule has 21 heavy (non-hydrogen) atoms. The molecule has 0 bridgehead atoms. The molecule has 10 heteroatoms. The van der Waals surface area contributed by atoms with E-state index in [1.54, 1.807) is 0 Å². The normalized spacial score (nSPS) is 38.0. The molecule has 1 saturated heterocycles. The molecule has 1 aliphatic rings. The standard InChI is InChI=1S/C11H22O10/c12-1-4(15)10(5(16)2-13)21-11-9(19)8(18)7(17)6(3-14)20-11/h4-19H,1-3H2/t4-,5+,6-,7-,8+,9-,10-,11-/m1/s1. The van der Waals surface area contributed by atoms with Gasteiger partial charge in [0.1, 0.15) is 42.7 Å². The minimum absolute atomic E-state index is 0.666. The summed E-state index contributed by atoms with van der Waals surface area (Å²) in [6.45, 7) is -2.25. The third-order valence-electron chi connectivity index (χ3n) is 3.27. The van der Waals surface area contributed by atoms with Crippen molar-refractivity contribution < 1.29 is 50.3 Å². The smallest absolute Gasteiger partial charge is 0.187 e. The van der Waals surface area contributed by atoms with Gasteiger partial charge < -0.3 is 50.3 Å². The summed E-state index contributed by atoms with van der Waals surface area (Å²) in [5.74, 6) is 0. The van der Waals surface area contributed by atoms with E-state index in [1.165, 1.54) is 0 Å². The largest absolute Gasteiger partial charge is 0.394 e. The van der Waals surface area contributed by atoms with Crippen LogP contribution in [0.4, 0.5) is 0 Å². The van der Waals surface area contributed by atoms with Crippen molar-refractivity contribution >= 4 is 0 Å². The van der Waals surface area contributed by atoms with Crippen molar-refractivity contribution in [3.63, 3.8) is 0 Å². The summed E-state index contributed by atoms with van der Waals surface area (Å²) in [6, 6.07) is 0. The van der Waals surface area contributed by atoms with Crippen molar-refractivity contribution in [3.05, 3.63) is 0 Å². The maximum atomic E-state index is 9.75. The third kappa shape index (κ3) is 4.29. The van der Waals surface area contributed by atoms with Gasteiger partial charge in [-0.3, -0.25) is 0 Å². The van der Waals surface area contributed by atoms with Crippen LogP contribution in [0.2, 0.25) is 0 Å². The number of ether oxygens (including phenoxy) is 2. The fourth-order valence-electron chi connectivity index (χ4n) is 1.98. The Hall–Kier alpha value is -0.400. The molecule has 1 rings (SSSR count). The van der Waals surface area contributed by atoms with E-state index >= 15 is 0 Å². The molecule has 0 aromatic rings. The Bertz CT molecular complexity index is 291. The minimum atomic E-state index is -1.72. The molecule has 8 N–H and O–H groups in total. The Morgan fingerprint density at radius 1 is 0.857 bits per heavy atom. The molecule has 0 radical (unpaired) electrons. The SMILES string of the molecule is OC[C@@H](O)[C@@H](O[C@H]1O[C@H](CO)[C@@H](O)[C@H](O)[C@H]1O)[C@@H](O)CO. The molecule has 0 aliphatic carbocycles. The topological polar surface area (TPSA) is 180 Å². The monoisotopic (exact) mass is 314 g/mol. The van der Waals surface area contributed by atoms with Gasteiger partial charge in [-0.25, -0.2) is 0 Å². The first-order chi connectivity index (χ1) is 9.87. The second-order valence-electron chi connectivity index (χ2n) is 4.80. The van der Waals surface area contributed by atoms with Crippen LogP contribution in [-0.2, 0) is 9.47 Å². The van der Waals surface area contributed by atoms with Gasteiger partial charge in [0.15, 0.2) is 6.29 Å². The Morgan fingerprint density at radius 2 is 1.38 bits per heavy atom. The van der Waals surface area contributed by atoms with E-state index in [0.717, 1.165) is 0 Å². The van der Waals surface area contributed by atoms with E-state index in [2.05, 4.69) is 0 Å². The van der Waals surface area contributed by atoms with Crippen LogP contribution in [0, 0.1) is 0 Å². The highest BCUT2D eigenvalue weighted by atomic mass is 16.7. The molecule has 1 fully saturated rings. The zero-order valence-corrected chi connectivity index (χ0v) is 11.1. The average Bonchev–Trinajstić information content (AvgIpc) is 2.50. The summed E-state index contributed by atoms with van der Waals surface area (Å²) in [4.78, 5) is 0. The zero-order valence-electron chi connectivity index (χ0n) is 11.1. The fourth-order valence-corrected chi connectivity index (χ4v) is 1.98. The lowest BCUT2D eigenvalue weighted by molar-refractivity contribution is -0.325. The van der Waals surface area contributed by atoms with Gasteiger partial charge in [-0.2, -0.15) is 0 Å². The Morgan fingerprint density at radius 3 is 1.81 bits per heavy atom. The van der Waals surface area contributed by atoms with E-state index in [9.17, 15) is 25.5 Å². The van der Waals surface area contributed by atoms with Crippen LogP contribution in [0.15, 0.2) is 0 Å². The second kappa shape index (κ2) is 8.29. The van der Waals surface area contributed by atoms with Crippen molar-refractivity contribution in [2.24, 2.45) is 0 Å². The molecular weight excluding hydrogens is 292 g/mol. The van der Waals surface area contributed by atoms with Crippen LogP contribution in [-0.4, -0.2) is 110 Å². The van der Waals surface area contributed by atoms with Crippen LogP contribution in [0.25, 0.3) is 0 Å². The molecule has 0 amide bonds. The minimum Gasteiger partial charge on any atom is -0.394 e. The van der Waals surface area contributed by atoms with Gasteiger partial charge in [-0.15, -0.1) is 0 Å². The van der Waals surface area contributed by atoms with Crippen LogP contribution in [0.5, 0.6) is 0 Å². The van der Waals surface area contributed by atoms with Crippen LogP contribution in [0.1, 0.15) is 0 Å². The second-order valence-corrected chi connectivity index (χ2v) is 4.80. The Balaban J connectivity index is 2.81. The summed E-state index contributed by atoms with van der Waals surface area (Å²) in [5.41, 5.74) is 0. The number of aliphatic hydroxyl groups is 8.